The molecule has 1 aromatic rings. The SMILES string of the molecule is CNCCCC(NC)c1ccc2c(c1)CCC2. The van der Waals surface area contributed by atoms with Crippen molar-refractivity contribution in [1.29, 1.82) is 0 Å². The monoisotopic (exact) mass is 232 g/mol. The molecule has 1 aliphatic rings. The van der Waals surface area contributed by atoms with Gasteiger partial charge in [-0.1, -0.05) is 18.2 Å². The third-order valence-electron chi connectivity index (χ3n) is 3.79. The lowest BCUT2D eigenvalue weighted by Gasteiger charge is -2.17. The van der Waals surface area contributed by atoms with Crippen LogP contribution in [0.2, 0.25) is 0 Å². The smallest absolute Gasteiger partial charge is 0.0318 e. The van der Waals surface area contributed by atoms with Crippen LogP contribution >= 0.6 is 0 Å². The molecule has 2 heteroatoms. The quantitative estimate of drug-likeness (QED) is 0.736. The van der Waals surface area contributed by atoms with Crippen LogP contribution in [0.5, 0.6) is 0 Å². The normalized spacial score (nSPS) is 15.9. The third-order valence-corrected chi connectivity index (χ3v) is 3.79. The number of nitrogens with one attached hydrogen (secondary N) is 2. The molecule has 1 atom stereocenters. The highest BCUT2D eigenvalue weighted by Crippen LogP contribution is 2.26. The highest BCUT2D eigenvalue weighted by molar-refractivity contribution is 5.36. The summed E-state index contributed by atoms with van der Waals surface area (Å²) in [6.45, 7) is 1.10. The largest absolute Gasteiger partial charge is 0.320 e. The molecule has 0 radical (unpaired) electrons. The Morgan fingerprint density at radius 3 is 2.76 bits per heavy atom. The van der Waals surface area contributed by atoms with Crippen LogP contribution in [0, 0.1) is 0 Å². The zero-order valence-corrected chi connectivity index (χ0v) is 11.1. The van der Waals surface area contributed by atoms with Crippen molar-refractivity contribution < 1.29 is 0 Å². The van der Waals surface area contributed by atoms with E-state index in [-0.39, 0.29) is 0 Å². The maximum absolute atomic E-state index is 3.44. The molecule has 0 spiro atoms. The minimum Gasteiger partial charge on any atom is -0.320 e. The van der Waals surface area contributed by atoms with Crippen LogP contribution < -0.4 is 10.6 Å². The van der Waals surface area contributed by atoms with Crippen LogP contribution in [-0.4, -0.2) is 20.6 Å². The van der Waals surface area contributed by atoms with Crippen LogP contribution in [0.4, 0.5) is 0 Å². The standard InChI is InChI=1S/C15H24N2/c1-16-10-4-7-15(17-2)14-9-8-12-5-3-6-13(12)11-14/h8-9,11,15-17H,3-7,10H2,1-2H3. The molecule has 1 aromatic carbocycles. The fourth-order valence-electron chi connectivity index (χ4n) is 2.77. The maximum atomic E-state index is 3.44. The summed E-state index contributed by atoms with van der Waals surface area (Å²) in [4.78, 5) is 0. The van der Waals surface area contributed by atoms with Crippen molar-refractivity contribution in [3.05, 3.63) is 34.9 Å². The van der Waals surface area contributed by atoms with E-state index in [1.165, 1.54) is 37.7 Å². The van der Waals surface area contributed by atoms with Crippen molar-refractivity contribution in [2.75, 3.05) is 20.6 Å². The predicted molar refractivity (Wildman–Crippen MR) is 73.4 cm³/mol. The second kappa shape index (κ2) is 6.18. The fourth-order valence-corrected chi connectivity index (χ4v) is 2.77. The van der Waals surface area contributed by atoms with E-state index in [2.05, 4.69) is 35.9 Å². The van der Waals surface area contributed by atoms with Gasteiger partial charge in [0.25, 0.3) is 0 Å². The minimum absolute atomic E-state index is 0.509. The summed E-state index contributed by atoms with van der Waals surface area (Å²) in [5.74, 6) is 0. The van der Waals surface area contributed by atoms with E-state index in [1.807, 2.05) is 7.05 Å². The fraction of sp³-hybridized carbons (Fsp3) is 0.600. The second-order valence-electron chi connectivity index (χ2n) is 4.97. The Morgan fingerprint density at radius 2 is 2.00 bits per heavy atom. The van der Waals surface area contributed by atoms with Gasteiger partial charge >= 0.3 is 0 Å². The molecule has 0 fully saturated rings. The summed E-state index contributed by atoms with van der Waals surface area (Å²) >= 11 is 0. The Balaban J connectivity index is 2.03. The molecule has 0 heterocycles. The van der Waals surface area contributed by atoms with E-state index in [4.69, 9.17) is 0 Å². The predicted octanol–water partition coefficient (Wildman–Crippen LogP) is 2.44. The summed E-state index contributed by atoms with van der Waals surface area (Å²) in [7, 11) is 4.08. The van der Waals surface area contributed by atoms with E-state index in [0.717, 1.165) is 6.54 Å². The van der Waals surface area contributed by atoms with Crippen molar-refractivity contribution in [2.45, 2.75) is 38.1 Å². The van der Waals surface area contributed by atoms with Gasteiger partial charge in [0.2, 0.25) is 0 Å². The Morgan fingerprint density at radius 1 is 1.18 bits per heavy atom. The molecule has 0 aliphatic heterocycles. The Hall–Kier alpha value is -0.860. The summed E-state index contributed by atoms with van der Waals surface area (Å²) in [5.41, 5.74) is 4.61. The topological polar surface area (TPSA) is 24.1 Å². The Bertz CT molecular complexity index is 360. The van der Waals surface area contributed by atoms with Crippen molar-refractivity contribution in [2.24, 2.45) is 0 Å². The molecule has 2 nitrogen and oxygen atoms in total. The molecular formula is C15H24N2. The van der Waals surface area contributed by atoms with Crippen molar-refractivity contribution >= 4 is 0 Å². The molecule has 0 aromatic heterocycles. The van der Waals surface area contributed by atoms with Crippen LogP contribution in [0.25, 0.3) is 0 Å². The number of rotatable bonds is 6. The lowest BCUT2D eigenvalue weighted by Crippen LogP contribution is -2.18. The zero-order valence-electron chi connectivity index (χ0n) is 11.1. The van der Waals surface area contributed by atoms with E-state index in [9.17, 15) is 0 Å². The summed E-state index contributed by atoms with van der Waals surface area (Å²) in [5, 5.41) is 6.65. The van der Waals surface area contributed by atoms with Crippen LogP contribution in [0.15, 0.2) is 18.2 Å². The number of aryl methyl sites for hydroxylation is 2. The molecule has 0 saturated heterocycles. The molecule has 1 unspecified atom stereocenters. The first-order valence-corrected chi connectivity index (χ1v) is 6.78. The first-order chi connectivity index (χ1) is 8.35. The summed E-state index contributed by atoms with van der Waals surface area (Å²) in [6, 6.07) is 7.57. The lowest BCUT2D eigenvalue weighted by molar-refractivity contribution is 0.518. The van der Waals surface area contributed by atoms with Gasteiger partial charge in [-0.15, -0.1) is 0 Å². The number of fused-ring (bicyclic) bond motifs is 1. The first kappa shape index (κ1) is 12.6. The van der Waals surface area contributed by atoms with E-state index in [1.54, 1.807) is 11.1 Å². The molecule has 0 saturated carbocycles. The Labute approximate surface area is 105 Å². The highest BCUT2D eigenvalue weighted by Gasteiger charge is 2.14. The van der Waals surface area contributed by atoms with Crippen molar-refractivity contribution in [3.63, 3.8) is 0 Å². The Kier molecular flexibility index (Phi) is 4.57. The van der Waals surface area contributed by atoms with Gasteiger partial charge in [0.15, 0.2) is 0 Å². The van der Waals surface area contributed by atoms with Gasteiger partial charge in [-0.2, -0.15) is 0 Å². The summed E-state index contributed by atoms with van der Waals surface area (Å²) < 4.78 is 0. The van der Waals surface area contributed by atoms with Gasteiger partial charge in [0.05, 0.1) is 0 Å². The van der Waals surface area contributed by atoms with Gasteiger partial charge in [0.1, 0.15) is 0 Å². The average molecular weight is 232 g/mol. The number of benzene rings is 1. The van der Waals surface area contributed by atoms with Gasteiger partial charge in [-0.05, 0) is 69.4 Å². The molecule has 94 valence electrons. The first-order valence-electron chi connectivity index (χ1n) is 6.78. The van der Waals surface area contributed by atoms with E-state index < -0.39 is 0 Å². The second-order valence-corrected chi connectivity index (χ2v) is 4.97. The number of hydrogen-bond donors (Lipinski definition) is 2. The van der Waals surface area contributed by atoms with Crippen molar-refractivity contribution in [1.82, 2.24) is 10.6 Å². The molecule has 2 N–H and O–H groups in total. The number of hydrogen-bond acceptors (Lipinski definition) is 2. The summed E-state index contributed by atoms with van der Waals surface area (Å²) in [6.07, 6.45) is 6.31. The van der Waals surface area contributed by atoms with Gasteiger partial charge in [-0.3, -0.25) is 0 Å². The minimum atomic E-state index is 0.509. The molecule has 2 rings (SSSR count). The zero-order chi connectivity index (χ0) is 12.1. The van der Waals surface area contributed by atoms with Crippen LogP contribution in [0.1, 0.15) is 42.0 Å². The molecular weight excluding hydrogens is 208 g/mol. The maximum Gasteiger partial charge on any atom is 0.0318 e. The van der Waals surface area contributed by atoms with Crippen LogP contribution in [0.3, 0.4) is 0 Å². The lowest BCUT2D eigenvalue weighted by atomic mass is 9.98. The third kappa shape index (κ3) is 3.08. The van der Waals surface area contributed by atoms with Gasteiger partial charge in [0, 0.05) is 6.04 Å². The van der Waals surface area contributed by atoms with Crippen LogP contribution in [-0.2, 0) is 12.8 Å². The van der Waals surface area contributed by atoms with Gasteiger partial charge in [-0.25, -0.2) is 0 Å². The molecule has 1 aliphatic carbocycles. The molecule has 0 bridgehead atoms. The average Bonchev–Trinajstić information content (AvgIpc) is 2.82. The van der Waals surface area contributed by atoms with Crippen molar-refractivity contribution in [3.8, 4) is 0 Å². The van der Waals surface area contributed by atoms with E-state index in [0.29, 0.717) is 6.04 Å². The highest BCUT2D eigenvalue weighted by atomic mass is 14.9. The molecule has 0 amide bonds. The van der Waals surface area contributed by atoms with E-state index >= 15 is 0 Å². The molecule has 17 heavy (non-hydrogen) atoms. The van der Waals surface area contributed by atoms with Gasteiger partial charge < -0.3 is 10.6 Å².